The first-order valence-corrected chi connectivity index (χ1v) is 9.82. The molecule has 6 rings (SSSR count). The quantitative estimate of drug-likeness (QED) is 0.662. The van der Waals surface area contributed by atoms with E-state index in [-0.39, 0.29) is 41.4 Å². The normalized spacial score (nSPS) is 36.5. The molecule has 2 bridgehead atoms. The molecule has 5 heteroatoms. The molecule has 140 valence electrons. The lowest BCUT2D eigenvalue weighted by atomic mass is 9.63. The van der Waals surface area contributed by atoms with E-state index >= 15 is 0 Å². The molecule has 0 radical (unpaired) electrons. The molecule has 5 aliphatic rings. The lowest BCUT2D eigenvalue weighted by Gasteiger charge is -2.37. The first-order chi connectivity index (χ1) is 12.9. The maximum Gasteiger partial charge on any atom is 0.247 e. The second kappa shape index (κ2) is 5.54. The standard InChI is InChI=1S/C22H24N2O3/c1-10-5-4-6-11(2)19(10)23-20(25)12(3)24-21(26)17-13-7-8-14(16-9-15(13)16)18(17)22(24)27/h4-8,12-18H,9H2,1-3H3,(H,23,25)/t12-,13+,14+,15+,16+,17-,18+/m0/s1. The monoisotopic (exact) mass is 364 g/mol. The van der Waals surface area contributed by atoms with Gasteiger partial charge in [-0.3, -0.25) is 19.3 Å². The number of hydrogen-bond acceptors (Lipinski definition) is 3. The zero-order chi connectivity index (χ0) is 19.0. The molecule has 1 aromatic rings. The van der Waals surface area contributed by atoms with Crippen LogP contribution in [0.5, 0.6) is 0 Å². The Hall–Kier alpha value is -2.43. The van der Waals surface area contributed by atoms with Gasteiger partial charge in [0.05, 0.1) is 11.8 Å². The van der Waals surface area contributed by atoms with Crippen molar-refractivity contribution >= 4 is 23.4 Å². The fourth-order valence-electron chi connectivity index (χ4n) is 5.72. The largest absolute Gasteiger partial charge is 0.324 e. The van der Waals surface area contributed by atoms with Crippen molar-refractivity contribution in [2.75, 3.05) is 5.32 Å². The minimum Gasteiger partial charge on any atom is -0.324 e. The molecule has 3 fully saturated rings. The number of nitrogens with one attached hydrogen (secondary N) is 1. The highest BCUT2D eigenvalue weighted by Crippen LogP contribution is 2.65. The van der Waals surface area contributed by atoms with Crippen molar-refractivity contribution in [2.45, 2.75) is 33.2 Å². The van der Waals surface area contributed by atoms with Crippen LogP contribution in [0.3, 0.4) is 0 Å². The number of rotatable bonds is 3. The third-order valence-electron chi connectivity index (χ3n) is 7.19. The van der Waals surface area contributed by atoms with Gasteiger partial charge in [-0.2, -0.15) is 0 Å². The predicted octanol–water partition coefficient (Wildman–Crippen LogP) is 2.68. The van der Waals surface area contributed by atoms with Crippen LogP contribution < -0.4 is 5.32 Å². The average Bonchev–Trinajstić information content (AvgIpc) is 3.42. The summed E-state index contributed by atoms with van der Waals surface area (Å²) in [5.74, 6) is 0.364. The SMILES string of the molecule is Cc1cccc(C)c1NC(=O)[C@H](C)N1C(=O)[C@@H]2[C@@H]3C=C[C@H]([C@H]4C[C@H]34)[C@@H]2C1=O. The van der Waals surface area contributed by atoms with Gasteiger partial charge in [-0.1, -0.05) is 30.4 Å². The van der Waals surface area contributed by atoms with E-state index in [9.17, 15) is 14.4 Å². The highest BCUT2D eigenvalue weighted by molar-refractivity contribution is 6.10. The van der Waals surface area contributed by atoms with E-state index in [1.54, 1.807) is 6.92 Å². The Balaban J connectivity index is 1.40. The second-order valence-electron chi connectivity index (χ2n) is 8.63. The predicted molar refractivity (Wildman–Crippen MR) is 101 cm³/mol. The second-order valence-corrected chi connectivity index (χ2v) is 8.63. The number of amides is 3. The summed E-state index contributed by atoms with van der Waals surface area (Å²) in [4.78, 5) is 40.4. The lowest BCUT2D eigenvalue weighted by Crippen LogP contribution is -2.46. The van der Waals surface area contributed by atoms with Crippen molar-refractivity contribution in [2.24, 2.45) is 35.5 Å². The molecular formula is C22H24N2O3. The summed E-state index contributed by atoms with van der Waals surface area (Å²) in [6, 6.07) is 5.01. The molecule has 2 saturated carbocycles. The molecule has 27 heavy (non-hydrogen) atoms. The van der Waals surface area contributed by atoms with E-state index in [1.165, 1.54) is 4.90 Å². The number of carbonyl (C=O) groups is 3. The molecule has 3 amide bonds. The molecular weight excluding hydrogens is 340 g/mol. The molecule has 0 aromatic heterocycles. The first-order valence-electron chi connectivity index (χ1n) is 9.82. The Bertz CT molecular complexity index is 849. The van der Waals surface area contributed by atoms with Crippen molar-refractivity contribution in [3.05, 3.63) is 41.5 Å². The van der Waals surface area contributed by atoms with Crippen molar-refractivity contribution in [3.63, 3.8) is 0 Å². The highest BCUT2D eigenvalue weighted by atomic mass is 16.2. The maximum absolute atomic E-state index is 13.1. The summed E-state index contributed by atoms with van der Waals surface area (Å²) in [5.41, 5.74) is 2.69. The zero-order valence-corrected chi connectivity index (χ0v) is 15.8. The minimum atomic E-state index is -0.801. The van der Waals surface area contributed by atoms with Gasteiger partial charge in [0.1, 0.15) is 6.04 Å². The molecule has 1 saturated heterocycles. The highest BCUT2D eigenvalue weighted by Gasteiger charge is 2.67. The van der Waals surface area contributed by atoms with Gasteiger partial charge in [-0.25, -0.2) is 0 Å². The van der Waals surface area contributed by atoms with Crippen LogP contribution >= 0.6 is 0 Å². The summed E-state index contributed by atoms with van der Waals surface area (Å²) in [7, 11) is 0. The Kier molecular flexibility index (Phi) is 3.43. The first kappa shape index (κ1) is 16.7. The Morgan fingerprint density at radius 3 is 2.07 bits per heavy atom. The van der Waals surface area contributed by atoms with Gasteiger partial charge in [-0.15, -0.1) is 0 Å². The number of para-hydroxylation sites is 1. The van der Waals surface area contributed by atoms with Crippen LogP contribution in [-0.4, -0.2) is 28.7 Å². The lowest BCUT2D eigenvalue weighted by molar-refractivity contribution is -0.146. The van der Waals surface area contributed by atoms with E-state index < -0.39 is 6.04 Å². The number of likely N-dealkylation sites (tertiary alicyclic amines) is 1. The molecule has 1 aromatic carbocycles. The van der Waals surface area contributed by atoms with Crippen molar-refractivity contribution in [3.8, 4) is 0 Å². The van der Waals surface area contributed by atoms with E-state index in [2.05, 4.69) is 17.5 Å². The molecule has 0 spiro atoms. The number of anilines is 1. The topological polar surface area (TPSA) is 66.5 Å². The molecule has 0 unspecified atom stereocenters. The van der Waals surface area contributed by atoms with Gasteiger partial charge in [0.15, 0.2) is 0 Å². The van der Waals surface area contributed by atoms with Crippen LogP contribution in [0.4, 0.5) is 5.69 Å². The van der Waals surface area contributed by atoms with Crippen molar-refractivity contribution < 1.29 is 14.4 Å². The molecule has 5 nitrogen and oxygen atoms in total. The zero-order valence-electron chi connectivity index (χ0n) is 15.8. The van der Waals surface area contributed by atoms with E-state index in [4.69, 9.17) is 0 Å². The fraction of sp³-hybridized carbons (Fsp3) is 0.500. The van der Waals surface area contributed by atoms with Crippen LogP contribution in [0.15, 0.2) is 30.4 Å². The van der Waals surface area contributed by atoms with Gasteiger partial charge in [-0.05, 0) is 62.0 Å². The fourth-order valence-corrected chi connectivity index (χ4v) is 5.72. The maximum atomic E-state index is 13.1. The van der Waals surface area contributed by atoms with Gasteiger partial charge < -0.3 is 5.32 Å². The number of carbonyl (C=O) groups excluding carboxylic acids is 3. The summed E-state index contributed by atoms with van der Waals surface area (Å²) < 4.78 is 0. The number of aryl methyl sites for hydroxylation is 2. The molecule has 1 aliphatic heterocycles. The van der Waals surface area contributed by atoms with Gasteiger partial charge in [0.25, 0.3) is 0 Å². The number of imide groups is 1. The van der Waals surface area contributed by atoms with E-state index in [0.717, 1.165) is 23.2 Å². The number of allylic oxidation sites excluding steroid dienone is 2. The van der Waals surface area contributed by atoms with Gasteiger partial charge in [0.2, 0.25) is 17.7 Å². The number of benzene rings is 1. The van der Waals surface area contributed by atoms with Crippen LogP contribution in [0.25, 0.3) is 0 Å². The van der Waals surface area contributed by atoms with E-state index in [1.807, 2.05) is 32.0 Å². The number of hydrogen-bond donors (Lipinski definition) is 1. The minimum absolute atomic E-state index is 0.154. The van der Waals surface area contributed by atoms with Crippen molar-refractivity contribution in [1.29, 1.82) is 0 Å². The summed E-state index contributed by atoms with van der Waals surface area (Å²) >= 11 is 0. The average molecular weight is 364 g/mol. The Morgan fingerprint density at radius 2 is 1.56 bits per heavy atom. The van der Waals surface area contributed by atoms with Crippen molar-refractivity contribution in [1.82, 2.24) is 4.90 Å². The van der Waals surface area contributed by atoms with E-state index in [0.29, 0.717) is 11.8 Å². The molecule has 7 atom stereocenters. The Morgan fingerprint density at radius 1 is 1.04 bits per heavy atom. The summed E-state index contributed by atoms with van der Waals surface area (Å²) in [5, 5.41) is 2.93. The van der Waals surface area contributed by atoms with Crippen LogP contribution in [0.1, 0.15) is 24.5 Å². The summed E-state index contributed by atoms with van der Waals surface area (Å²) in [6.45, 7) is 5.53. The molecule has 4 aliphatic carbocycles. The van der Waals surface area contributed by atoms with Gasteiger partial charge in [0, 0.05) is 5.69 Å². The third kappa shape index (κ3) is 2.20. The smallest absolute Gasteiger partial charge is 0.247 e. The Labute approximate surface area is 158 Å². The molecule has 1 N–H and O–H groups in total. The molecule has 1 heterocycles. The third-order valence-corrected chi connectivity index (χ3v) is 7.19. The van der Waals surface area contributed by atoms with Crippen LogP contribution in [-0.2, 0) is 14.4 Å². The van der Waals surface area contributed by atoms with Crippen LogP contribution in [0.2, 0.25) is 0 Å². The number of nitrogens with zero attached hydrogens (tertiary/aromatic N) is 1. The summed E-state index contributed by atoms with van der Waals surface area (Å²) in [6.07, 6.45) is 5.44. The van der Waals surface area contributed by atoms with Crippen LogP contribution in [0, 0.1) is 49.4 Å². The van der Waals surface area contributed by atoms with Gasteiger partial charge >= 0.3 is 0 Å².